The highest BCUT2D eigenvalue weighted by Crippen LogP contribution is 2.35. The Labute approximate surface area is 180 Å². The van der Waals surface area contributed by atoms with E-state index in [1.807, 2.05) is 37.4 Å². The molecule has 0 saturated carbocycles. The quantitative estimate of drug-likeness (QED) is 0.614. The van der Waals surface area contributed by atoms with Gasteiger partial charge in [-0.2, -0.15) is 4.98 Å². The predicted molar refractivity (Wildman–Crippen MR) is 115 cm³/mol. The molecule has 1 aromatic carbocycles. The zero-order chi connectivity index (χ0) is 21.4. The number of rotatable bonds is 5. The molecule has 0 atom stereocenters. The van der Waals surface area contributed by atoms with Crippen molar-refractivity contribution in [1.82, 2.24) is 15.1 Å². The Kier molecular flexibility index (Phi) is 4.90. The van der Waals surface area contributed by atoms with Gasteiger partial charge in [-0.15, -0.1) is 0 Å². The zero-order valence-corrected chi connectivity index (χ0v) is 17.9. The number of pyridine rings is 1. The SMILES string of the molecule is COc1cc(OC)cc(-c2noc(N3CCOC4(CN(c5ccnc(C)c5)C4)C3)n2)c1. The maximum absolute atomic E-state index is 6.17. The number of morpholine rings is 1. The van der Waals surface area contributed by atoms with Gasteiger partial charge in [0.15, 0.2) is 0 Å². The molecule has 4 heterocycles. The van der Waals surface area contributed by atoms with E-state index in [4.69, 9.17) is 18.7 Å². The summed E-state index contributed by atoms with van der Waals surface area (Å²) < 4.78 is 22.5. The number of aromatic nitrogens is 3. The first-order chi connectivity index (χ1) is 15.1. The molecular formula is C22H25N5O4. The van der Waals surface area contributed by atoms with Gasteiger partial charge in [0.2, 0.25) is 5.82 Å². The molecule has 2 saturated heterocycles. The zero-order valence-electron chi connectivity index (χ0n) is 17.9. The predicted octanol–water partition coefficient (Wildman–Crippen LogP) is 2.55. The van der Waals surface area contributed by atoms with Gasteiger partial charge in [-0.3, -0.25) is 4.98 Å². The third-order valence-corrected chi connectivity index (χ3v) is 5.75. The summed E-state index contributed by atoms with van der Waals surface area (Å²) in [4.78, 5) is 13.3. The summed E-state index contributed by atoms with van der Waals surface area (Å²) in [6.07, 6.45) is 1.84. The van der Waals surface area contributed by atoms with E-state index in [2.05, 4.69) is 31.0 Å². The van der Waals surface area contributed by atoms with Gasteiger partial charge in [-0.1, -0.05) is 5.16 Å². The maximum Gasteiger partial charge on any atom is 0.324 e. The van der Waals surface area contributed by atoms with E-state index in [1.54, 1.807) is 14.2 Å². The number of aryl methyl sites for hydroxylation is 1. The second-order valence-corrected chi connectivity index (χ2v) is 7.97. The van der Waals surface area contributed by atoms with Crippen molar-refractivity contribution in [1.29, 1.82) is 0 Å². The van der Waals surface area contributed by atoms with Crippen LogP contribution in [0, 0.1) is 6.92 Å². The van der Waals surface area contributed by atoms with E-state index in [1.165, 1.54) is 5.69 Å². The van der Waals surface area contributed by atoms with Crippen molar-refractivity contribution in [2.24, 2.45) is 0 Å². The highest BCUT2D eigenvalue weighted by atomic mass is 16.5. The minimum Gasteiger partial charge on any atom is -0.497 e. The maximum atomic E-state index is 6.17. The molecule has 2 aliphatic rings. The van der Waals surface area contributed by atoms with Crippen LogP contribution < -0.4 is 19.3 Å². The Balaban J connectivity index is 1.31. The van der Waals surface area contributed by atoms with Crippen molar-refractivity contribution in [3.63, 3.8) is 0 Å². The van der Waals surface area contributed by atoms with Gasteiger partial charge in [-0.25, -0.2) is 0 Å². The van der Waals surface area contributed by atoms with Gasteiger partial charge >= 0.3 is 6.01 Å². The minimum absolute atomic E-state index is 0.233. The van der Waals surface area contributed by atoms with E-state index in [-0.39, 0.29) is 5.60 Å². The fourth-order valence-electron chi connectivity index (χ4n) is 4.16. The molecule has 3 aromatic rings. The minimum atomic E-state index is -0.233. The summed E-state index contributed by atoms with van der Waals surface area (Å²) in [7, 11) is 3.23. The summed E-state index contributed by atoms with van der Waals surface area (Å²) >= 11 is 0. The molecule has 2 aliphatic heterocycles. The molecule has 2 aromatic heterocycles. The van der Waals surface area contributed by atoms with Gasteiger partial charge in [0.25, 0.3) is 0 Å². The molecule has 2 fully saturated rings. The van der Waals surface area contributed by atoms with Crippen LogP contribution >= 0.6 is 0 Å². The van der Waals surface area contributed by atoms with Gasteiger partial charge in [0.05, 0.1) is 40.5 Å². The first-order valence-corrected chi connectivity index (χ1v) is 10.2. The fraction of sp³-hybridized carbons (Fsp3) is 0.409. The van der Waals surface area contributed by atoms with Crippen LogP contribution in [-0.2, 0) is 4.74 Å². The molecule has 31 heavy (non-hydrogen) atoms. The average molecular weight is 423 g/mol. The summed E-state index contributed by atoms with van der Waals surface area (Å²) in [5, 5.41) is 4.18. The van der Waals surface area contributed by atoms with Crippen LogP contribution in [0.2, 0.25) is 0 Å². The lowest BCUT2D eigenvalue weighted by Crippen LogP contribution is -2.70. The molecular weight excluding hydrogens is 398 g/mol. The van der Waals surface area contributed by atoms with E-state index in [0.29, 0.717) is 43.0 Å². The number of anilines is 2. The van der Waals surface area contributed by atoms with Crippen LogP contribution in [0.3, 0.4) is 0 Å². The van der Waals surface area contributed by atoms with Crippen LogP contribution in [0.1, 0.15) is 5.69 Å². The molecule has 162 valence electrons. The number of methoxy groups -OCH3 is 2. The van der Waals surface area contributed by atoms with Crippen molar-refractivity contribution in [3.8, 4) is 22.9 Å². The first kappa shape index (κ1) is 19.6. The number of nitrogens with zero attached hydrogens (tertiary/aromatic N) is 5. The monoisotopic (exact) mass is 423 g/mol. The molecule has 0 bridgehead atoms. The molecule has 0 unspecified atom stereocenters. The summed E-state index contributed by atoms with van der Waals surface area (Å²) in [6.45, 7) is 5.68. The largest absolute Gasteiger partial charge is 0.497 e. The third-order valence-electron chi connectivity index (χ3n) is 5.75. The standard InChI is InChI=1S/C22H25N5O4/c1-15-8-17(4-5-23-15)27-13-22(14-27)12-26(6-7-30-22)21-24-20(25-31-21)16-9-18(28-2)11-19(10-16)29-3/h4-5,8-11H,6-7,12-14H2,1-3H3. The second kappa shape index (κ2) is 7.73. The molecule has 1 spiro atoms. The van der Waals surface area contributed by atoms with Crippen LogP contribution in [0.4, 0.5) is 11.7 Å². The van der Waals surface area contributed by atoms with E-state index >= 15 is 0 Å². The van der Waals surface area contributed by atoms with Crippen LogP contribution in [-0.4, -0.2) is 67.7 Å². The molecule has 0 radical (unpaired) electrons. The molecule has 0 N–H and O–H groups in total. The van der Waals surface area contributed by atoms with Gasteiger partial charge in [0, 0.05) is 35.8 Å². The third kappa shape index (κ3) is 3.76. The Morgan fingerprint density at radius 2 is 1.74 bits per heavy atom. The number of hydrogen-bond acceptors (Lipinski definition) is 9. The fourth-order valence-corrected chi connectivity index (χ4v) is 4.16. The van der Waals surface area contributed by atoms with Crippen molar-refractivity contribution in [2.75, 3.05) is 56.8 Å². The van der Waals surface area contributed by atoms with Crippen LogP contribution in [0.5, 0.6) is 11.5 Å². The Morgan fingerprint density at radius 1 is 1.00 bits per heavy atom. The second-order valence-electron chi connectivity index (χ2n) is 7.97. The lowest BCUT2D eigenvalue weighted by molar-refractivity contribution is -0.0746. The van der Waals surface area contributed by atoms with E-state index in [0.717, 1.165) is 24.3 Å². The van der Waals surface area contributed by atoms with Gasteiger partial charge in [0.1, 0.15) is 17.1 Å². The van der Waals surface area contributed by atoms with Crippen LogP contribution in [0.15, 0.2) is 41.1 Å². The lowest BCUT2D eigenvalue weighted by Gasteiger charge is -2.54. The van der Waals surface area contributed by atoms with E-state index < -0.39 is 0 Å². The van der Waals surface area contributed by atoms with Gasteiger partial charge in [-0.05, 0) is 31.2 Å². The highest BCUT2D eigenvalue weighted by Gasteiger charge is 2.48. The number of benzene rings is 1. The summed E-state index contributed by atoms with van der Waals surface area (Å²) in [5.41, 5.74) is 2.73. The number of ether oxygens (including phenoxy) is 3. The normalized spacial score (nSPS) is 17.5. The lowest BCUT2D eigenvalue weighted by atomic mass is 9.91. The molecule has 9 nitrogen and oxygen atoms in total. The number of hydrogen-bond donors (Lipinski definition) is 0. The summed E-state index contributed by atoms with van der Waals surface area (Å²) in [6, 6.07) is 10.2. The molecule has 9 heteroatoms. The van der Waals surface area contributed by atoms with Crippen molar-refractivity contribution in [2.45, 2.75) is 12.5 Å². The van der Waals surface area contributed by atoms with Crippen molar-refractivity contribution < 1.29 is 18.7 Å². The topological polar surface area (TPSA) is 86.0 Å². The van der Waals surface area contributed by atoms with Crippen molar-refractivity contribution >= 4 is 11.7 Å². The van der Waals surface area contributed by atoms with E-state index in [9.17, 15) is 0 Å². The molecule has 0 aliphatic carbocycles. The summed E-state index contributed by atoms with van der Waals surface area (Å²) in [5.74, 6) is 1.84. The highest BCUT2D eigenvalue weighted by molar-refractivity contribution is 5.61. The average Bonchev–Trinajstić information content (AvgIpc) is 3.27. The first-order valence-electron chi connectivity index (χ1n) is 10.2. The molecule has 5 rings (SSSR count). The van der Waals surface area contributed by atoms with Gasteiger partial charge < -0.3 is 28.5 Å². The Bertz CT molecular complexity index is 1060. The molecule has 0 amide bonds. The van der Waals surface area contributed by atoms with Crippen molar-refractivity contribution in [3.05, 3.63) is 42.2 Å². The Morgan fingerprint density at radius 3 is 2.45 bits per heavy atom. The van der Waals surface area contributed by atoms with Crippen LogP contribution in [0.25, 0.3) is 11.4 Å². The Hall–Kier alpha value is -3.33. The smallest absolute Gasteiger partial charge is 0.324 e.